The Balaban J connectivity index is 2.51. The van der Waals surface area contributed by atoms with Crippen molar-refractivity contribution in [3.05, 3.63) is 23.9 Å². The molecule has 2 rings (SSSR count). The van der Waals surface area contributed by atoms with E-state index in [0.717, 1.165) is 0 Å². The van der Waals surface area contributed by atoms with Crippen LogP contribution in [-0.2, 0) is 0 Å². The number of anilines is 1. The minimum atomic E-state index is -2.19. The summed E-state index contributed by atoms with van der Waals surface area (Å²) in [6, 6.07) is 2.77. The van der Waals surface area contributed by atoms with Crippen molar-refractivity contribution in [3.63, 3.8) is 0 Å². The van der Waals surface area contributed by atoms with Crippen molar-refractivity contribution in [1.29, 1.82) is 0 Å². The average molecular weight is 139 g/mol. The van der Waals surface area contributed by atoms with Gasteiger partial charge in [-0.25, -0.2) is 4.98 Å². The fraction of sp³-hybridized carbons (Fsp3) is 0.375. The molecule has 10 heavy (non-hydrogen) atoms. The zero-order chi connectivity index (χ0) is 11.5. The molecule has 2 nitrogen and oxygen atoms in total. The van der Waals surface area contributed by atoms with Crippen LogP contribution >= 0.6 is 0 Å². The van der Waals surface area contributed by atoms with Gasteiger partial charge in [-0.05, 0) is 36.3 Å². The Labute approximate surface area is 67.1 Å². The zero-order valence-corrected chi connectivity index (χ0v) is 5.26. The average Bonchev–Trinajstić information content (AvgIpc) is 2.45. The molecule has 0 radical (unpaired) electrons. The first-order chi connectivity index (χ1) is 6.75. The van der Waals surface area contributed by atoms with Gasteiger partial charge < -0.3 is 5.73 Å². The summed E-state index contributed by atoms with van der Waals surface area (Å²) in [5, 5.41) is 0. The summed E-state index contributed by atoms with van der Waals surface area (Å²) < 4.78 is 37.7. The minimum Gasteiger partial charge on any atom is -0.384 e. The SMILES string of the molecule is [2H]C1([2H])C([2H])([2H])C1([2H])c1ccnc(N)c1. The number of aromatic nitrogens is 1. The fourth-order valence-electron chi connectivity index (χ4n) is 0.779. The standard InChI is InChI=1S/C8H10N2/c9-8-5-7(3-4-10-8)6-1-2-6/h3-6H,1-2H2,(H2,9,10)/i1D2,2D2,6D. The number of nitrogen functional groups attached to an aromatic ring is 1. The predicted molar refractivity (Wildman–Crippen MR) is 40.6 cm³/mol. The highest BCUT2D eigenvalue weighted by Gasteiger charge is 2.23. The monoisotopic (exact) mass is 139 g/mol. The van der Waals surface area contributed by atoms with E-state index in [1.807, 2.05) is 0 Å². The number of hydrogen-bond acceptors (Lipinski definition) is 2. The summed E-state index contributed by atoms with van der Waals surface area (Å²) in [5.41, 5.74) is 5.65. The van der Waals surface area contributed by atoms with E-state index >= 15 is 0 Å². The van der Waals surface area contributed by atoms with E-state index in [0.29, 0.717) is 0 Å². The van der Waals surface area contributed by atoms with Gasteiger partial charge in [0.05, 0.1) is 0 Å². The molecule has 0 aromatic carbocycles. The molecular weight excluding hydrogens is 124 g/mol. The Hall–Kier alpha value is -1.05. The molecule has 0 atom stereocenters. The molecule has 0 bridgehead atoms. The normalized spacial score (nSPS) is 37.8. The van der Waals surface area contributed by atoms with Crippen LogP contribution in [0.2, 0.25) is 0 Å². The van der Waals surface area contributed by atoms with Crippen LogP contribution in [0, 0.1) is 0 Å². The third kappa shape index (κ3) is 0.967. The van der Waals surface area contributed by atoms with Crippen molar-refractivity contribution in [2.24, 2.45) is 0 Å². The van der Waals surface area contributed by atoms with Crippen molar-refractivity contribution in [2.45, 2.75) is 18.6 Å². The van der Waals surface area contributed by atoms with Gasteiger partial charge in [-0.1, -0.05) is 0 Å². The molecule has 1 fully saturated rings. The lowest BCUT2D eigenvalue weighted by Crippen LogP contribution is -1.90. The van der Waals surface area contributed by atoms with E-state index < -0.39 is 18.6 Å². The molecule has 0 spiro atoms. The number of pyridine rings is 1. The van der Waals surface area contributed by atoms with Crippen LogP contribution in [0.5, 0.6) is 0 Å². The molecule has 1 saturated carbocycles. The molecule has 0 saturated heterocycles. The van der Waals surface area contributed by atoms with Gasteiger partial charge in [-0.15, -0.1) is 0 Å². The number of rotatable bonds is 1. The van der Waals surface area contributed by atoms with Crippen LogP contribution in [0.1, 0.15) is 31.1 Å². The Morgan fingerprint density at radius 3 is 3.20 bits per heavy atom. The molecule has 2 heteroatoms. The van der Waals surface area contributed by atoms with Crippen LogP contribution in [0.25, 0.3) is 0 Å². The highest BCUT2D eigenvalue weighted by Crippen LogP contribution is 2.39. The molecule has 0 aliphatic heterocycles. The van der Waals surface area contributed by atoms with Gasteiger partial charge in [0.2, 0.25) is 0 Å². The van der Waals surface area contributed by atoms with Crippen molar-refractivity contribution in [1.82, 2.24) is 4.98 Å². The van der Waals surface area contributed by atoms with Gasteiger partial charge in [0.25, 0.3) is 0 Å². The van der Waals surface area contributed by atoms with Crippen LogP contribution in [0.3, 0.4) is 0 Å². The Kier molecular flexibility index (Phi) is 0.499. The molecule has 1 aromatic heterocycles. The Morgan fingerprint density at radius 2 is 2.60 bits per heavy atom. The van der Waals surface area contributed by atoms with Crippen molar-refractivity contribution in [2.75, 3.05) is 5.73 Å². The van der Waals surface area contributed by atoms with Gasteiger partial charge in [-0.3, -0.25) is 0 Å². The van der Waals surface area contributed by atoms with E-state index in [9.17, 15) is 0 Å². The maximum atomic E-state index is 7.85. The molecule has 1 aliphatic rings. The van der Waals surface area contributed by atoms with Crippen molar-refractivity contribution < 1.29 is 6.85 Å². The summed E-state index contributed by atoms with van der Waals surface area (Å²) in [6.07, 6.45) is -3.02. The van der Waals surface area contributed by atoms with Gasteiger partial charge in [0.1, 0.15) is 5.82 Å². The molecule has 1 aromatic rings. The summed E-state index contributed by atoms with van der Waals surface area (Å²) in [4.78, 5) is 3.73. The highest BCUT2D eigenvalue weighted by molar-refractivity contribution is 5.35. The topological polar surface area (TPSA) is 38.9 Å². The van der Waals surface area contributed by atoms with E-state index in [1.165, 1.54) is 18.3 Å². The summed E-state index contributed by atoms with van der Waals surface area (Å²) in [7, 11) is 0. The molecule has 0 unspecified atom stereocenters. The van der Waals surface area contributed by atoms with Crippen LogP contribution in [0.4, 0.5) is 5.82 Å². The third-order valence-corrected chi connectivity index (χ3v) is 1.32. The zero-order valence-electron chi connectivity index (χ0n) is 10.3. The molecule has 1 aliphatic carbocycles. The lowest BCUT2D eigenvalue weighted by Gasteiger charge is -1.96. The lowest BCUT2D eigenvalue weighted by atomic mass is 10.2. The minimum absolute atomic E-state index is 0.164. The first-order valence-corrected chi connectivity index (χ1v) is 2.97. The van der Waals surface area contributed by atoms with Crippen LogP contribution in [-0.4, -0.2) is 4.98 Å². The maximum Gasteiger partial charge on any atom is 0.123 e. The molecule has 52 valence electrons. The quantitative estimate of drug-likeness (QED) is 0.641. The Bertz CT molecular complexity index is 403. The van der Waals surface area contributed by atoms with Gasteiger partial charge in [0.15, 0.2) is 0 Å². The van der Waals surface area contributed by atoms with E-state index in [-0.39, 0.29) is 11.4 Å². The Morgan fingerprint density at radius 1 is 1.80 bits per heavy atom. The smallest absolute Gasteiger partial charge is 0.123 e. The first-order valence-electron chi connectivity index (χ1n) is 5.47. The first kappa shape index (κ1) is 2.53. The summed E-state index contributed by atoms with van der Waals surface area (Å²) in [6.45, 7) is 0. The van der Waals surface area contributed by atoms with Crippen molar-refractivity contribution >= 4 is 5.82 Å². The second-order valence-electron chi connectivity index (χ2n) is 2.09. The van der Waals surface area contributed by atoms with Crippen LogP contribution < -0.4 is 5.73 Å². The largest absolute Gasteiger partial charge is 0.384 e. The van der Waals surface area contributed by atoms with E-state index in [2.05, 4.69) is 4.98 Å². The van der Waals surface area contributed by atoms with E-state index in [4.69, 9.17) is 12.6 Å². The summed E-state index contributed by atoms with van der Waals surface area (Å²) in [5.74, 6) is -1.71. The highest BCUT2D eigenvalue weighted by atomic mass is 14.8. The number of hydrogen-bond donors (Lipinski definition) is 1. The number of nitrogens with two attached hydrogens (primary N) is 1. The van der Waals surface area contributed by atoms with E-state index in [1.54, 1.807) is 0 Å². The summed E-state index contributed by atoms with van der Waals surface area (Å²) >= 11 is 0. The molecule has 1 heterocycles. The lowest BCUT2D eigenvalue weighted by molar-refractivity contribution is 1.11. The van der Waals surface area contributed by atoms with Crippen LogP contribution in [0.15, 0.2) is 18.3 Å². The second-order valence-corrected chi connectivity index (χ2v) is 2.09. The maximum absolute atomic E-state index is 7.85. The van der Waals surface area contributed by atoms with Gasteiger partial charge >= 0.3 is 0 Å². The molecule has 2 N–H and O–H groups in total. The number of nitrogens with zero attached hydrogens (tertiary/aromatic N) is 1. The molecular formula is C8H10N2. The second kappa shape index (κ2) is 1.97. The molecule has 0 amide bonds. The third-order valence-electron chi connectivity index (χ3n) is 1.32. The fourth-order valence-corrected chi connectivity index (χ4v) is 0.779. The van der Waals surface area contributed by atoms with Gasteiger partial charge in [0, 0.05) is 13.1 Å². The predicted octanol–water partition coefficient (Wildman–Crippen LogP) is 1.54. The van der Waals surface area contributed by atoms with Crippen molar-refractivity contribution in [3.8, 4) is 0 Å². The van der Waals surface area contributed by atoms with Gasteiger partial charge in [-0.2, -0.15) is 0 Å².